The highest BCUT2D eigenvalue weighted by Gasteiger charge is 2.03. The van der Waals surface area contributed by atoms with Crippen LogP contribution in [0, 0.1) is 6.92 Å². The molecular formula is C15H21N3O3. The maximum Gasteiger partial charge on any atom is 0.113 e. The van der Waals surface area contributed by atoms with Gasteiger partial charge in [0, 0.05) is 5.56 Å². The van der Waals surface area contributed by atoms with Crippen molar-refractivity contribution < 1.29 is 14.6 Å². The van der Waals surface area contributed by atoms with Gasteiger partial charge in [-0.25, -0.2) is 4.68 Å². The van der Waals surface area contributed by atoms with Crippen molar-refractivity contribution in [1.29, 1.82) is 0 Å². The average molecular weight is 291 g/mol. The van der Waals surface area contributed by atoms with Gasteiger partial charge in [-0.2, -0.15) is 0 Å². The second-order valence-electron chi connectivity index (χ2n) is 4.68. The molecule has 0 saturated heterocycles. The summed E-state index contributed by atoms with van der Waals surface area (Å²) in [6.07, 6.45) is 1.91. The third-order valence-electron chi connectivity index (χ3n) is 2.96. The van der Waals surface area contributed by atoms with E-state index >= 15 is 0 Å². The fraction of sp³-hybridized carbons (Fsp3) is 0.467. The first-order chi connectivity index (χ1) is 10.3. The minimum Gasteiger partial charge on any atom is -0.394 e. The van der Waals surface area contributed by atoms with Crippen molar-refractivity contribution in [2.45, 2.75) is 13.5 Å². The minimum atomic E-state index is 0.0424. The van der Waals surface area contributed by atoms with Gasteiger partial charge in [0.05, 0.1) is 45.8 Å². The maximum atomic E-state index is 8.54. The molecule has 0 aliphatic carbocycles. The highest BCUT2D eigenvalue weighted by atomic mass is 16.5. The number of aliphatic hydroxyl groups is 1. The van der Waals surface area contributed by atoms with Crippen molar-refractivity contribution in [3.8, 4) is 11.3 Å². The summed E-state index contributed by atoms with van der Waals surface area (Å²) in [5.74, 6) is 0. The topological polar surface area (TPSA) is 69.4 Å². The van der Waals surface area contributed by atoms with Gasteiger partial charge in [0.1, 0.15) is 5.69 Å². The van der Waals surface area contributed by atoms with Crippen LogP contribution >= 0.6 is 0 Å². The highest BCUT2D eigenvalue weighted by Crippen LogP contribution is 2.16. The van der Waals surface area contributed by atoms with Gasteiger partial charge >= 0.3 is 0 Å². The summed E-state index contributed by atoms with van der Waals surface area (Å²) in [7, 11) is 0. The molecule has 1 aromatic heterocycles. The van der Waals surface area contributed by atoms with Crippen molar-refractivity contribution >= 4 is 0 Å². The number of ether oxygens (including phenoxy) is 2. The Morgan fingerprint density at radius 3 is 2.48 bits per heavy atom. The Balaban J connectivity index is 1.72. The molecule has 1 heterocycles. The second kappa shape index (κ2) is 8.51. The van der Waals surface area contributed by atoms with Crippen LogP contribution < -0.4 is 0 Å². The zero-order valence-corrected chi connectivity index (χ0v) is 12.2. The molecule has 114 valence electrons. The zero-order valence-electron chi connectivity index (χ0n) is 12.2. The molecule has 1 N–H and O–H groups in total. The van der Waals surface area contributed by atoms with Gasteiger partial charge in [-0.3, -0.25) is 0 Å². The third-order valence-corrected chi connectivity index (χ3v) is 2.96. The Kier molecular flexibility index (Phi) is 6.33. The first-order valence-electron chi connectivity index (χ1n) is 7.03. The molecule has 0 radical (unpaired) electrons. The molecule has 0 fully saturated rings. The van der Waals surface area contributed by atoms with Gasteiger partial charge < -0.3 is 14.6 Å². The van der Waals surface area contributed by atoms with Crippen LogP contribution in [0.15, 0.2) is 30.5 Å². The molecule has 2 aromatic rings. The molecule has 1 aromatic carbocycles. The molecule has 0 unspecified atom stereocenters. The first-order valence-corrected chi connectivity index (χ1v) is 7.03. The average Bonchev–Trinajstić information content (AvgIpc) is 2.96. The fourth-order valence-corrected chi connectivity index (χ4v) is 1.81. The lowest BCUT2D eigenvalue weighted by Crippen LogP contribution is -2.11. The second-order valence-corrected chi connectivity index (χ2v) is 4.68. The largest absolute Gasteiger partial charge is 0.394 e. The van der Waals surface area contributed by atoms with Gasteiger partial charge in [-0.1, -0.05) is 35.0 Å². The Bertz CT molecular complexity index is 525. The van der Waals surface area contributed by atoms with Crippen molar-refractivity contribution in [1.82, 2.24) is 15.0 Å². The molecule has 0 aliphatic rings. The van der Waals surface area contributed by atoms with Gasteiger partial charge in [0.25, 0.3) is 0 Å². The van der Waals surface area contributed by atoms with Crippen LogP contribution in [0.1, 0.15) is 5.56 Å². The van der Waals surface area contributed by atoms with Crippen LogP contribution in [0.2, 0.25) is 0 Å². The smallest absolute Gasteiger partial charge is 0.113 e. The Hall–Kier alpha value is -1.76. The summed E-state index contributed by atoms with van der Waals surface area (Å²) in [5, 5.41) is 16.8. The van der Waals surface area contributed by atoms with E-state index in [9.17, 15) is 0 Å². The quantitative estimate of drug-likeness (QED) is 0.705. The summed E-state index contributed by atoms with van der Waals surface area (Å²) in [4.78, 5) is 0. The van der Waals surface area contributed by atoms with Crippen LogP contribution in [0.5, 0.6) is 0 Å². The van der Waals surface area contributed by atoms with Crippen LogP contribution in [0.4, 0.5) is 0 Å². The molecule has 0 saturated carbocycles. The summed E-state index contributed by atoms with van der Waals surface area (Å²) < 4.78 is 12.3. The van der Waals surface area contributed by atoms with Gasteiger partial charge in [-0.05, 0) is 6.92 Å². The van der Waals surface area contributed by atoms with Crippen molar-refractivity contribution in [2.75, 3.05) is 33.0 Å². The lowest BCUT2D eigenvalue weighted by atomic mass is 10.1. The fourth-order valence-electron chi connectivity index (χ4n) is 1.81. The minimum absolute atomic E-state index is 0.0424. The molecule has 2 rings (SSSR count). The van der Waals surface area contributed by atoms with Gasteiger partial charge in [0.15, 0.2) is 0 Å². The van der Waals surface area contributed by atoms with Crippen LogP contribution in [-0.2, 0) is 16.0 Å². The van der Waals surface area contributed by atoms with Crippen molar-refractivity contribution in [3.63, 3.8) is 0 Å². The molecule has 6 nitrogen and oxygen atoms in total. The predicted octanol–water partition coefficient (Wildman–Crippen LogP) is 1.28. The van der Waals surface area contributed by atoms with E-state index in [1.54, 1.807) is 4.68 Å². The first kappa shape index (κ1) is 15.6. The SMILES string of the molecule is Cc1ccc(-c2cn(CCOCCOCCO)nn2)cc1. The molecule has 0 bridgehead atoms. The number of aliphatic hydroxyl groups excluding tert-OH is 1. The summed E-state index contributed by atoms with van der Waals surface area (Å²) in [6.45, 7) is 4.67. The number of aromatic nitrogens is 3. The number of hydrogen-bond donors (Lipinski definition) is 1. The number of nitrogens with zero attached hydrogens (tertiary/aromatic N) is 3. The van der Waals surface area contributed by atoms with Crippen LogP contribution in [-0.4, -0.2) is 53.1 Å². The molecular weight excluding hydrogens is 270 g/mol. The molecule has 6 heteroatoms. The van der Waals surface area contributed by atoms with E-state index in [0.29, 0.717) is 33.0 Å². The third kappa shape index (κ3) is 5.26. The van der Waals surface area contributed by atoms with E-state index in [0.717, 1.165) is 11.3 Å². The number of aryl methyl sites for hydroxylation is 1. The van der Waals surface area contributed by atoms with E-state index in [2.05, 4.69) is 29.4 Å². The molecule has 0 spiro atoms. The standard InChI is InChI=1S/C15H21N3O3/c1-13-2-4-14(5-3-13)15-12-18(17-16-15)6-8-20-10-11-21-9-7-19/h2-5,12,19H,6-11H2,1H3. The predicted molar refractivity (Wildman–Crippen MR) is 78.9 cm³/mol. The van der Waals surface area contributed by atoms with Crippen molar-refractivity contribution in [3.05, 3.63) is 36.0 Å². The summed E-state index contributed by atoms with van der Waals surface area (Å²) in [5.41, 5.74) is 3.15. The normalized spacial score (nSPS) is 11.0. The lowest BCUT2D eigenvalue weighted by Gasteiger charge is -2.04. The van der Waals surface area contributed by atoms with E-state index < -0.39 is 0 Å². The molecule has 0 amide bonds. The lowest BCUT2D eigenvalue weighted by molar-refractivity contribution is 0.0302. The Morgan fingerprint density at radius 1 is 1.05 bits per heavy atom. The van der Waals surface area contributed by atoms with Crippen LogP contribution in [0.25, 0.3) is 11.3 Å². The van der Waals surface area contributed by atoms with E-state index in [4.69, 9.17) is 14.6 Å². The Labute approximate surface area is 124 Å². The van der Waals surface area contributed by atoms with Gasteiger partial charge in [-0.15, -0.1) is 5.10 Å². The van der Waals surface area contributed by atoms with E-state index in [-0.39, 0.29) is 6.61 Å². The summed E-state index contributed by atoms with van der Waals surface area (Å²) >= 11 is 0. The zero-order chi connectivity index (χ0) is 14.9. The maximum absolute atomic E-state index is 8.54. The van der Waals surface area contributed by atoms with E-state index in [1.807, 2.05) is 18.3 Å². The molecule has 0 atom stereocenters. The Morgan fingerprint density at radius 2 is 1.76 bits per heavy atom. The molecule has 0 aliphatic heterocycles. The number of rotatable bonds is 9. The van der Waals surface area contributed by atoms with Gasteiger partial charge in [0.2, 0.25) is 0 Å². The summed E-state index contributed by atoms with van der Waals surface area (Å²) in [6, 6.07) is 8.20. The number of hydrogen-bond acceptors (Lipinski definition) is 5. The van der Waals surface area contributed by atoms with Crippen LogP contribution in [0.3, 0.4) is 0 Å². The van der Waals surface area contributed by atoms with Crippen molar-refractivity contribution in [2.24, 2.45) is 0 Å². The molecule has 21 heavy (non-hydrogen) atoms. The highest BCUT2D eigenvalue weighted by molar-refractivity contribution is 5.57. The number of benzene rings is 1. The monoisotopic (exact) mass is 291 g/mol. The van der Waals surface area contributed by atoms with E-state index in [1.165, 1.54) is 5.56 Å².